The summed E-state index contributed by atoms with van der Waals surface area (Å²) in [6, 6.07) is 7.64. The highest BCUT2D eigenvalue weighted by Crippen LogP contribution is 2.28. The minimum atomic E-state index is -3.50. The molecule has 6 heteroatoms. The van der Waals surface area contributed by atoms with E-state index in [9.17, 15) is 8.42 Å². The third-order valence-electron chi connectivity index (χ3n) is 5.86. The van der Waals surface area contributed by atoms with Gasteiger partial charge in [0, 0.05) is 19.1 Å². The highest BCUT2D eigenvalue weighted by molar-refractivity contribution is 7.89. The van der Waals surface area contributed by atoms with Gasteiger partial charge in [0.25, 0.3) is 0 Å². The van der Waals surface area contributed by atoms with Crippen molar-refractivity contribution >= 4 is 10.0 Å². The monoisotopic (exact) mass is 393 g/mol. The molecule has 0 aliphatic carbocycles. The van der Waals surface area contributed by atoms with Crippen LogP contribution in [-0.2, 0) is 15.4 Å². The Morgan fingerprint density at radius 2 is 1.81 bits per heavy atom. The Hall–Kier alpha value is -0.950. The second-order valence-corrected chi connectivity index (χ2v) is 10.8. The normalized spacial score (nSPS) is 20.4. The minimum Gasteiger partial charge on any atom is -0.317 e. The zero-order chi connectivity index (χ0) is 19.5. The maximum absolute atomic E-state index is 13.6. The molecule has 0 radical (unpaired) electrons. The van der Waals surface area contributed by atoms with Crippen LogP contribution in [0.4, 0.5) is 0 Å². The van der Waals surface area contributed by atoms with E-state index in [0.717, 1.165) is 51.1 Å². The summed E-state index contributed by atoms with van der Waals surface area (Å²) in [5.74, 6) is 0. The number of nitrogens with one attached hydrogen (secondary N) is 1. The van der Waals surface area contributed by atoms with Gasteiger partial charge in [0.15, 0.2) is 0 Å². The molecule has 0 spiro atoms. The fourth-order valence-corrected chi connectivity index (χ4v) is 5.82. The first-order chi connectivity index (χ1) is 12.8. The topological polar surface area (TPSA) is 52.7 Å². The van der Waals surface area contributed by atoms with Crippen molar-refractivity contribution in [2.75, 3.05) is 39.3 Å². The summed E-state index contributed by atoms with van der Waals surface area (Å²) < 4.78 is 29.0. The molecule has 2 fully saturated rings. The molecule has 1 N–H and O–H groups in total. The number of likely N-dealkylation sites (tertiary alicyclic amines) is 1. The van der Waals surface area contributed by atoms with E-state index in [2.05, 4.69) is 31.0 Å². The van der Waals surface area contributed by atoms with Gasteiger partial charge in [-0.05, 0) is 75.0 Å². The van der Waals surface area contributed by atoms with Crippen molar-refractivity contribution in [3.05, 3.63) is 29.8 Å². The number of benzene rings is 1. The van der Waals surface area contributed by atoms with Crippen LogP contribution in [0.15, 0.2) is 29.2 Å². The molecule has 1 aromatic rings. The molecule has 0 bridgehead atoms. The number of piperidine rings is 1. The number of hydrogen-bond donors (Lipinski definition) is 1. The molecule has 2 aliphatic rings. The fraction of sp³-hybridized carbons (Fsp3) is 0.714. The van der Waals surface area contributed by atoms with E-state index in [-0.39, 0.29) is 11.5 Å². The lowest BCUT2D eigenvalue weighted by Gasteiger charge is -2.35. The van der Waals surface area contributed by atoms with Crippen molar-refractivity contribution in [3.8, 4) is 0 Å². The molecule has 2 aliphatic heterocycles. The first-order valence-corrected chi connectivity index (χ1v) is 11.8. The number of rotatable bonds is 6. The molecular weight excluding hydrogens is 358 g/mol. The molecule has 1 aromatic carbocycles. The summed E-state index contributed by atoms with van der Waals surface area (Å²) in [7, 11) is -3.50. The van der Waals surface area contributed by atoms with Gasteiger partial charge in [0.2, 0.25) is 10.0 Å². The molecule has 5 nitrogen and oxygen atoms in total. The van der Waals surface area contributed by atoms with E-state index in [1.807, 2.05) is 18.2 Å². The third kappa shape index (κ3) is 5.11. The van der Waals surface area contributed by atoms with E-state index in [1.165, 1.54) is 12.8 Å². The maximum atomic E-state index is 13.6. The molecule has 0 unspecified atom stereocenters. The van der Waals surface area contributed by atoms with Crippen molar-refractivity contribution in [3.63, 3.8) is 0 Å². The van der Waals surface area contributed by atoms with Crippen LogP contribution in [0.1, 0.15) is 52.0 Å². The summed E-state index contributed by atoms with van der Waals surface area (Å²) in [4.78, 5) is 2.84. The molecule has 3 rings (SSSR count). The minimum absolute atomic E-state index is 0.0688. The van der Waals surface area contributed by atoms with E-state index in [4.69, 9.17) is 0 Å². The Morgan fingerprint density at radius 1 is 1.15 bits per heavy atom. The lowest BCUT2D eigenvalue weighted by atomic mass is 9.87. The van der Waals surface area contributed by atoms with Crippen LogP contribution in [0, 0.1) is 0 Å². The molecule has 0 saturated carbocycles. The summed E-state index contributed by atoms with van der Waals surface area (Å²) in [5.41, 5.74) is 0.995. The summed E-state index contributed by atoms with van der Waals surface area (Å²) in [6.45, 7) is 11.8. The molecule has 0 amide bonds. The molecule has 2 saturated heterocycles. The zero-order valence-electron chi connectivity index (χ0n) is 17.1. The Kier molecular flexibility index (Phi) is 6.62. The SMILES string of the molecule is CC(C)(C)c1cccc(S(=O)(=O)N(CCN2CCCC2)C2CCNCC2)c1. The van der Waals surface area contributed by atoms with Gasteiger partial charge in [-0.2, -0.15) is 4.31 Å². The van der Waals surface area contributed by atoms with E-state index in [0.29, 0.717) is 11.4 Å². The largest absolute Gasteiger partial charge is 0.317 e. The Morgan fingerprint density at radius 3 is 2.44 bits per heavy atom. The first-order valence-electron chi connectivity index (χ1n) is 10.3. The highest BCUT2D eigenvalue weighted by atomic mass is 32.2. The number of nitrogens with zero attached hydrogens (tertiary/aromatic N) is 2. The summed E-state index contributed by atoms with van der Waals surface area (Å²) >= 11 is 0. The molecular formula is C21H35N3O2S. The van der Waals surface area contributed by atoms with Crippen LogP contribution in [0.2, 0.25) is 0 Å². The first kappa shape index (κ1) is 20.8. The Bertz CT molecular complexity index is 715. The van der Waals surface area contributed by atoms with Crippen molar-refractivity contribution in [2.45, 2.75) is 62.8 Å². The van der Waals surface area contributed by atoms with Crippen LogP contribution < -0.4 is 5.32 Å². The van der Waals surface area contributed by atoms with Crippen molar-refractivity contribution in [1.82, 2.24) is 14.5 Å². The lowest BCUT2D eigenvalue weighted by Crippen LogP contribution is -2.48. The summed E-state index contributed by atoms with van der Waals surface area (Å²) in [5, 5.41) is 3.36. The number of hydrogen-bond acceptors (Lipinski definition) is 4. The van der Waals surface area contributed by atoms with Gasteiger partial charge in [-0.25, -0.2) is 8.42 Å². The van der Waals surface area contributed by atoms with Crippen LogP contribution in [-0.4, -0.2) is 62.9 Å². The standard InChI is InChI=1S/C21H35N3O2S/c1-21(2,3)18-7-6-8-20(17-18)27(25,26)24(19-9-11-22-12-10-19)16-15-23-13-4-5-14-23/h6-8,17,19,22H,4-5,9-16H2,1-3H3. The van der Waals surface area contributed by atoms with Gasteiger partial charge in [-0.1, -0.05) is 32.9 Å². The predicted molar refractivity (Wildman–Crippen MR) is 111 cm³/mol. The van der Waals surface area contributed by atoms with E-state index < -0.39 is 10.0 Å². The van der Waals surface area contributed by atoms with Crippen molar-refractivity contribution in [1.29, 1.82) is 0 Å². The van der Waals surface area contributed by atoms with Crippen LogP contribution in [0.3, 0.4) is 0 Å². The van der Waals surface area contributed by atoms with Crippen LogP contribution in [0.25, 0.3) is 0 Å². The van der Waals surface area contributed by atoms with Crippen molar-refractivity contribution < 1.29 is 8.42 Å². The maximum Gasteiger partial charge on any atom is 0.243 e. The van der Waals surface area contributed by atoms with Gasteiger partial charge in [-0.15, -0.1) is 0 Å². The second-order valence-electron chi connectivity index (χ2n) is 8.92. The Labute approximate surface area is 165 Å². The second kappa shape index (κ2) is 8.60. The summed E-state index contributed by atoms with van der Waals surface area (Å²) in [6.07, 6.45) is 4.23. The fourth-order valence-electron chi connectivity index (χ4n) is 4.10. The average Bonchev–Trinajstić information content (AvgIpc) is 3.15. The van der Waals surface area contributed by atoms with Gasteiger partial charge < -0.3 is 10.2 Å². The molecule has 2 heterocycles. The van der Waals surface area contributed by atoms with Crippen LogP contribution in [0.5, 0.6) is 0 Å². The molecule has 0 aromatic heterocycles. The van der Waals surface area contributed by atoms with E-state index in [1.54, 1.807) is 10.4 Å². The molecule has 0 atom stereocenters. The number of sulfonamides is 1. The molecule has 152 valence electrons. The average molecular weight is 394 g/mol. The van der Waals surface area contributed by atoms with Gasteiger partial charge in [0.1, 0.15) is 0 Å². The third-order valence-corrected chi connectivity index (χ3v) is 7.81. The lowest BCUT2D eigenvalue weighted by molar-refractivity contribution is 0.228. The van der Waals surface area contributed by atoms with E-state index >= 15 is 0 Å². The van der Waals surface area contributed by atoms with Crippen LogP contribution >= 0.6 is 0 Å². The highest BCUT2D eigenvalue weighted by Gasteiger charge is 2.33. The van der Waals surface area contributed by atoms with Gasteiger partial charge in [0.05, 0.1) is 4.90 Å². The Balaban J connectivity index is 1.86. The van der Waals surface area contributed by atoms with Gasteiger partial charge >= 0.3 is 0 Å². The zero-order valence-corrected chi connectivity index (χ0v) is 17.9. The predicted octanol–water partition coefficient (Wildman–Crippen LogP) is 2.82. The van der Waals surface area contributed by atoms with Gasteiger partial charge in [-0.3, -0.25) is 0 Å². The van der Waals surface area contributed by atoms with Crippen molar-refractivity contribution in [2.24, 2.45) is 0 Å². The smallest absolute Gasteiger partial charge is 0.243 e. The molecule has 27 heavy (non-hydrogen) atoms. The quantitative estimate of drug-likeness (QED) is 0.807.